The Kier molecular flexibility index (Phi) is 3.43. The Morgan fingerprint density at radius 3 is 2.90 bits per heavy atom. The first-order chi connectivity index (χ1) is 9.62. The molecule has 1 N–H and O–H groups in total. The van der Waals surface area contributed by atoms with E-state index in [0.717, 1.165) is 35.8 Å². The standard InChI is InChI=1S/C13H11ClFN3OS/c14-10-5-8(1-2-11(10)15)13(3-4-13)12(19)16-6-9-7-17-20-18-9/h1-2,5,7H,3-4,6H2,(H,16,19). The van der Waals surface area contributed by atoms with Gasteiger partial charge in [0.2, 0.25) is 5.91 Å². The molecule has 1 amide bonds. The Hall–Kier alpha value is -1.53. The van der Waals surface area contributed by atoms with Gasteiger partial charge in [0.15, 0.2) is 0 Å². The third-order valence-corrected chi connectivity index (χ3v) is 4.30. The molecule has 0 bridgehead atoms. The Balaban J connectivity index is 1.74. The van der Waals surface area contributed by atoms with Gasteiger partial charge in [0.1, 0.15) is 5.82 Å². The van der Waals surface area contributed by atoms with Gasteiger partial charge < -0.3 is 5.32 Å². The average Bonchev–Trinajstić information content (AvgIpc) is 3.09. The molecule has 2 aromatic rings. The molecule has 0 atom stereocenters. The highest BCUT2D eigenvalue weighted by Gasteiger charge is 2.51. The molecule has 1 aromatic carbocycles. The fourth-order valence-electron chi connectivity index (χ4n) is 2.17. The first-order valence-corrected chi connectivity index (χ1v) is 7.23. The minimum Gasteiger partial charge on any atom is -0.350 e. The van der Waals surface area contributed by atoms with Crippen molar-refractivity contribution in [2.45, 2.75) is 24.8 Å². The zero-order valence-corrected chi connectivity index (χ0v) is 12.0. The summed E-state index contributed by atoms with van der Waals surface area (Å²) in [5, 5.41) is 2.90. The molecule has 0 aliphatic heterocycles. The predicted molar refractivity (Wildman–Crippen MR) is 74.1 cm³/mol. The fourth-order valence-corrected chi connectivity index (χ4v) is 2.78. The average molecular weight is 312 g/mol. The first-order valence-electron chi connectivity index (χ1n) is 6.12. The summed E-state index contributed by atoms with van der Waals surface area (Å²) in [7, 11) is 0. The first kappa shape index (κ1) is 13.5. The molecule has 3 rings (SSSR count). The molecule has 104 valence electrons. The number of nitrogens with one attached hydrogen (secondary N) is 1. The van der Waals surface area contributed by atoms with E-state index in [1.165, 1.54) is 12.1 Å². The van der Waals surface area contributed by atoms with Crippen molar-refractivity contribution >= 4 is 29.2 Å². The molecule has 4 nitrogen and oxygen atoms in total. The lowest BCUT2D eigenvalue weighted by atomic mass is 9.95. The number of nitrogens with zero attached hydrogens (tertiary/aromatic N) is 2. The SMILES string of the molecule is O=C(NCc1cnsn1)C1(c2ccc(F)c(Cl)c2)CC1. The summed E-state index contributed by atoms with van der Waals surface area (Å²) in [6.45, 7) is 0.353. The van der Waals surface area contributed by atoms with E-state index in [1.807, 2.05) is 0 Å². The van der Waals surface area contributed by atoms with Crippen molar-refractivity contribution in [3.63, 3.8) is 0 Å². The molecular weight excluding hydrogens is 301 g/mol. The maximum atomic E-state index is 13.2. The van der Waals surface area contributed by atoms with Gasteiger partial charge in [0, 0.05) is 0 Å². The minimum absolute atomic E-state index is 0.0466. The van der Waals surface area contributed by atoms with Crippen LogP contribution in [-0.4, -0.2) is 14.7 Å². The molecule has 7 heteroatoms. The molecule has 0 spiro atoms. The van der Waals surface area contributed by atoms with Crippen LogP contribution in [0.4, 0.5) is 4.39 Å². The van der Waals surface area contributed by atoms with Gasteiger partial charge in [-0.05, 0) is 30.5 Å². The van der Waals surface area contributed by atoms with Gasteiger partial charge >= 0.3 is 0 Å². The van der Waals surface area contributed by atoms with Gasteiger partial charge in [0.05, 0.1) is 40.6 Å². The van der Waals surface area contributed by atoms with Crippen molar-refractivity contribution in [2.75, 3.05) is 0 Å². The van der Waals surface area contributed by atoms with Gasteiger partial charge in [-0.15, -0.1) is 0 Å². The highest BCUT2D eigenvalue weighted by atomic mass is 35.5. The Morgan fingerprint density at radius 2 is 2.30 bits per heavy atom. The largest absolute Gasteiger partial charge is 0.350 e. The Morgan fingerprint density at radius 1 is 1.50 bits per heavy atom. The number of aromatic nitrogens is 2. The number of carbonyl (C=O) groups is 1. The summed E-state index contributed by atoms with van der Waals surface area (Å²) >= 11 is 6.89. The number of amides is 1. The van der Waals surface area contributed by atoms with E-state index in [-0.39, 0.29) is 10.9 Å². The Bertz CT molecular complexity index is 643. The third kappa shape index (κ3) is 2.41. The maximum Gasteiger partial charge on any atom is 0.230 e. The van der Waals surface area contributed by atoms with Crippen LogP contribution in [0.1, 0.15) is 24.1 Å². The van der Waals surface area contributed by atoms with Crippen LogP contribution in [0.2, 0.25) is 5.02 Å². The summed E-state index contributed by atoms with van der Waals surface area (Å²) in [5.41, 5.74) is 0.926. The van der Waals surface area contributed by atoms with Crippen LogP contribution in [0, 0.1) is 5.82 Å². The highest BCUT2D eigenvalue weighted by Crippen LogP contribution is 2.49. The van der Waals surface area contributed by atoms with Gasteiger partial charge in [-0.3, -0.25) is 4.79 Å². The second-order valence-electron chi connectivity index (χ2n) is 4.79. The van der Waals surface area contributed by atoms with Crippen molar-refractivity contribution in [3.8, 4) is 0 Å². The number of benzene rings is 1. The molecule has 0 radical (unpaired) electrons. The zero-order valence-electron chi connectivity index (χ0n) is 10.4. The molecule has 0 saturated heterocycles. The van der Waals surface area contributed by atoms with E-state index in [4.69, 9.17) is 11.6 Å². The lowest BCUT2D eigenvalue weighted by Crippen LogP contribution is -2.34. The van der Waals surface area contributed by atoms with E-state index < -0.39 is 11.2 Å². The van der Waals surface area contributed by atoms with Crippen LogP contribution in [0.15, 0.2) is 24.4 Å². The van der Waals surface area contributed by atoms with E-state index in [1.54, 1.807) is 12.3 Å². The molecule has 1 fully saturated rings. The van der Waals surface area contributed by atoms with E-state index in [2.05, 4.69) is 14.1 Å². The number of halogens is 2. The van der Waals surface area contributed by atoms with Gasteiger partial charge in [-0.25, -0.2) is 4.39 Å². The van der Waals surface area contributed by atoms with Crippen molar-refractivity contribution in [1.29, 1.82) is 0 Å². The lowest BCUT2D eigenvalue weighted by Gasteiger charge is -2.15. The Labute approximate surface area is 124 Å². The van der Waals surface area contributed by atoms with E-state index in [0.29, 0.717) is 6.54 Å². The van der Waals surface area contributed by atoms with Crippen molar-refractivity contribution < 1.29 is 9.18 Å². The second kappa shape index (κ2) is 5.10. The normalized spacial score (nSPS) is 15.9. The lowest BCUT2D eigenvalue weighted by molar-refractivity contribution is -0.123. The number of carbonyl (C=O) groups excluding carboxylic acids is 1. The highest BCUT2D eigenvalue weighted by molar-refractivity contribution is 6.99. The maximum absolute atomic E-state index is 13.2. The summed E-state index contributed by atoms with van der Waals surface area (Å²) in [6, 6.07) is 4.46. The number of rotatable bonds is 4. The number of hydrogen-bond acceptors (Lipinski definition) is 4. The van der Waals surface area contributed by atoms with Gasteiger partial charge in [-0.2, -0.15) is 8.75 Å². The quantitative estimate of drug-likeness (QED) is 0.944. The van der Waals surface area contributed by atoms with Crippen LogP contribution >= 0.6 is 23.3 Å². The molecular formula is C13H11ClFN3OS. The van der Waals surface area contributed by atoms with Gasteiger partial charge in [0.25, 0.3) is 0 Å². The van der Waals surface area contributed by atoms with Crippen LogP contribution in [0.3, 0.4) is 0 Å². The topological polar surface area (TPSA) is 54.9 Å². The molecule has 1 heterocycles. The molecule has 1 aliphatic carbocycles. The predicted octanol–water partition coefficient (Wildman–Crippen LogP) is 2.68. The summed E-state index contributed by atoms with van der Waals surface area (Å²) in [6.07, 6.45) is 3.12. The van der Waals surface area contributed by atoms with E-state index >= 15 is 0 Å². The van der Waals surface area contributed by atoms with Crippen molar-refractivity contribution in [1.82, 2.24) is 14.1 Å². The fraction of sp³-hybridized carbons (Fsp3) is 0.308. The summed E-state index contributed by atoms with van der Waals surface area (Å²) < 4.78 is 21.1. The van der Waals surface area contributed by atoms with Gasteiger partial charge in [-0.1, -0.05) is 17.7 Å². The molecule has 0 unspecified atom stereocenters. The molecule has 1 aliphatic rings. The molecule has 1 aromatic heterocycles. The van der Waals surface area contributed by atoms with Crippen molar-refractivity contribution in [2.24, 2.45) is 0 Å². The monoisotopic (exact) mass is 311 g/mol. The molecule has 1 saturated carbocycles. The smallest absolute Gasteiger partial charge is 0.230 e. The van der Waals surface area contributed by atoms with Crippen molar-refractivity contribution in [3.05, 3.63) is 46.5 Å². The zero-order chi connectivity index (χ0) is 14.2. The second-order valence-corrected chi connectivity index (χ2v) is 5.76. The minimum atomic E-state index is -0.569. The van der Waals surface area contributed by atoms with Crippen LogP contribution < -0.4 is 5.32 Å². The van der Waals surface area contributed by atoms with E-state index in [9.17, 15) is 9.18 Å². The van der Waals surface area contributed by atoms with Crippen LogP contribution in [-0.2, 0) is 16.8 Å². The molecule has 20 heavy (non-hydrogen) atoms. The summed E-state index contributed by atoms with van der Waals surface area (Å²) in [5.74, 6) is -0.548. The number of hydrogen-bond donors (Lipinski definition) is 1. The van der Waals surface area contributed by atoms with Crippen LogP contribution in [0.5, 0.6) is 0 Å². The summed E-state index contributed by atoms with van der Waals surface area (Å²) in [4.78, 5) is 12.3. The van der Waals surface area contributed by atoms with Crippen LogP contribution in [0.25, 0.3) is 0 Å². The third-order valence-electron chi connectivity index (χ3n) is 3.49.